The number of nitrogens with one attached hydrogen (secondary N) is 1. The maximum absolute atomic E-state index is 15.1. The molecule has 3 unspecified atom stereocenters. The molecular formula is C28H34FN5O2. The zero-order valence-electron chi connectivity index (χ0n) is 20.6. The van der Waals surface area contributed by atoms with E-state index in [-0.39, 0.29) is 24.0 Å². The third kappa shape index (κ3) is 4.47. The van der Waals surface area contributed by atoms with Gasteiger partial charge in [0.15, 0.2) is 0 Å². The number of aromatic nitrogens is 3. The highest BCUT2D eigenvalue weighted by Crippen LogP contribution is 2.50. The monoisotopic (exact) mass is 491 g/mol. The Bertz CT molecular complexity index is 1300. The zero-order valence-corrected chi connectivity index (χ0v) is 20.6. The third-order valence-corrected chi connectivity index (χ3v) is 8.65. The molecule has 6 rings (SSSR count). The maximum Gasteiger partial charge on any atom is 0.252 e. The van der Waals surface area contributed by atoms with Crippen molar-refractivity contribution < 1.29 is 9.50 Å². The quantitative estimate of drug-likeness (QED) is 0.483. The van der Waals surface area contributed by atoms with E-state index in [4.69, 9.17) is 10.1 Å². The fourth-order valence-corrected chi connectivity index (χ4v) is 6.73. The van der Waals surface area contributed by atoms with Gasteiger partial charge in [-0.1, -0.05) is 6.42 Å². The largest absolute Gasteiger partial charge is 0.396 e. The average Bonchev–Trinajstić information content (AvgIpc) is 3.53. The smallest absolute Gasteiger partial charge is 0.252 e. The number of aliphatic hydroxyl groups is 1. The lowest BCUT2D eigenvalue weighted by atomic mass is 9.92. The van der Waals surface area contributed by atoms with Crippen LogP contribution in [0.3, 0.4) is 0 Å². The van der Waals surface area contributed by atoms with E-state index in [1.54, 1.807) is 30.5 Å². The Morgan fingerprint density at radius 2 is 1.94 bits per heavy atom. The first kappa shape index (κ1) is 23.4. The summed E-state index contributed by atoms with van der Waals surface area (Å²) in [5.74, 6) is 1.83. The number of halogens is 1. The van der Waals surface area contributed by atoms with Crippen LogP contribution in [0.5, 0.6) is 0 Å². The van der Waals surface area contributed by atoms with Crippen LogP contribution in [0, 0.1) is 23.6 Å². The highest BCUT2D eigenvalue weighted by molar-refractivity contribution is 5.76. The molecule has 190 valence electrons. The average molecular weight is 492 g/mol. The standard InChI is InChI=1S/C28H34FN5O2/c29-23-16-22(33-11-9-18(10-12-33)2-1-13-35)6-7-24(23)31-28-30-17-21-5-8-26(36)34(27(21)32-28)25-15-19-3-4-20(25)14-19/h5-8,16-20,25,35H,1-4,9-15H2,(H,30,31,32). The molecule has 2 N–H and O–H groups in total. The minimum Gasteiger partial charge on any atom is -0.396 e. The molecule has 0 amide bonds. The molecule has 3 atom stereocenters. The zero-order chi connectivity index (χ0) is 24.6. The summed E-state index contributed by atoms with van der Waals surface area (Å²) < 4.78 is 17.0. The van der Waals surface area contributed by atoms with Gasteiger partial charge in [-0.2, -0.15) is 4.98 Å². The number of pyridine rings is 1. The van der Waals surface area contributed by atoms with Gasteiger partial charge in [-0.3, -0.25) is 9.36 Å². The molecule has 2 saturated carbocycles. The van der Waals surface area contributed by atoms with E-state index in [2.05, 4.69) is 15.2 Å². The molecule has 8 heteroatoms. The fraction of sp³-hybridized carbons (Fsp3) is 0.536. The molecule has 0 spiro atoms. The van der Waals surface area contributed by atoms with Crippen molar-refractivity contribution in [2.45, 2.75) is 57.4 Å². The van der Waals surface area contributed by atoms with Crippen LogP contribution in [0.4, 0.5) is 21.7 Å². The first-order valence-electron chi connectivity index (χ1n) is 13.4. The van der Waals surface area contributed by atoms with Gasteiger partial charge in [0.05, 0.1) is 5.69 Å². The van der Waals surface area contributed by atoms with E-state index in [0.29, 0.717) is 35.0 Å². The second-order valence-corrected chi connectivity index (χ2v) is 10.8. The van der Waals surface area contributed by atoms with Crippen molar-refractivity contribution in [3.05, 3.63) is 52.7 Å². The van der Waals surface area contributed by atoms with Gasteiger partial charge in [0, 0.05) is 49.1 Å². The van der Waals surface area contributed by atoms with Gasteiger partial charge in [-0.15, -0.1) is 0 Å². The van der Waals surface area contributed by atoms with Crippen LogP contribution >= 0.6 is 0 Å². The number of hydrogen-bond donors (Lipinski definition) is 2. The minimum absolute atomic E-state index is 0.0274. The number of rotatable bonds is 7. The van der Waals surface area contributed by atoms with Gasteiger partial charge in [-0.05, 0) is 87.0 Å². The summed E-state index contributed by atoms with van der Waals surface area (Å²) in [5.41, 5.74) is 1.79. The first-order chi connectivity index (χ1) is 17.6. The normalized spacial score (nSPS) is 24.1. The van der Waals surface area contributed by atoms with Crippen molar-refractivity contribution in [3.8, 4) is 0 Å². The highest BCUT2D eigenvalue weighted by Gasteiger charge is 2.41. The lowest BCUT2D eigenvalue weighted by Gasteiger charge is -2.33. The van der Waals surface area contributed by atoms with Crippen molar-refractivity contribution in [2.75, 3.05) is 29.9 Å². The van der Waals surface area contributed by atoms with E-state index >= 15 is 4.39 Å². The van der Waals surface area contributed by atoms with Crippen LogP contribution in [0.2, 0.25) is 0 Å². The Morgan fingerprint density at radius 3 is 2.67 bits per heavy atom. The van der Waals surface area contributed by atoms with Gasteiger partial charge in [-0.25, -0.2) is 9.37 Å². The van der Waals surface area contributed by atoms with E-state index < -0.39 is 0 Å². The van der Waals surface area contributed by atoms with Gasteiger partial charge in [0.1, 0.15) is 11.5 Å². The Balaban J connectivity index is 1.21. The number of fused-ring (bicyclic) bond motifs is 3. The van der Waals surface area contributed by atoms with E-state index in [1.807, 2.05) is 10.6 Å². The summed E-state index contributed by atoms with van der Waals surface area (Å²) in [5, 5.41) is 12.9. The van der Waals surface area contributed by atoms with Crippen molar-refractivity contribution >= 4 is 28.4 Å². The van der Waals surface area contributed by atoms with Crippen molar-refractivity contribution in [1.29, 1.82) is 0 Å². The summed E-state index contributed by atoms with van der Waals surface area (Å²) in [7, 11) is 0. The molecule has 36 heavy (non-hydrogen) atoms. The molecule has 7 nitrogen and oxygen atoms in total. The molecule has 2 bridgehead atoms. The Kier molecular flexibility index (Phi) is 6.37. The molecule has 3 aromatic rings. The molecular weight excluding hydrogens is 457 g/mol. The van der Waals surface area contributed by atoms with E-state index in [0.717, 1.165) is 56.3 Å². The predicted octanol–water partition coefficient (Wildman–Crippen LogP) is 5.02. The van der Waals surface area contributed by atoms with E-state index in [1.165, 1.54) is 19.3 Å². The molecule has 0 radical (unpaired) electrons. The summed E-state index contributed by atoms with van der Waals surface area (Å²) in [6.07, 6.45) is 10.4. The van der Waals surface area contributed by atoms with Crippen LogP contribution in [0.25, 0.3) is 11.0 Å². The fourth-order valence-electron chi connectivity index (χ4n) is 6.73. The summed E-state index contributed by atoms with van der Waals surface area (Å²) in [6, 6.07) is 8.82. The molecule has 3 heterocycles. The second-order valence-electron chi connectivity index (χ2n) is 10.8. The minimum atomic E-state index is -0.350. The lowest BCUT2D eigenvalue weighted by molar-refractivity contribution is 0.261. The topological polar surface area (TPSA) is 83.3 Å². The molecule has 1 aliphatic heterocycles. The highest BCUT2D eigenvalue weighted by atomic mass is 19.1. The third-order valence-electron chi connectivity index (χ3n) is 8.65. The van der Waals surface area contributed by atoms with Gasteiger partial charge < -0.3 is 15.3 Å². The van der Waals surface area contributed by atoms with Crippen LogP contribution in [0.1, 0.15) is 57.4 Å². The number of hydrogen-bond acceptors (Lipinski definition) is 6. The molecule has 1 aromatic carbocycles. The summed E-state index contributed by atoms with van der Waals surface area (Å²) in [4.78, 5) is 24.2. The number of aliphatic hydroxyl groups excluding tert-OH is 1. The Labute approximate surface area is 210 Å². The SMILES string of the molecule is O=c1ccc2cnc(Nc3ccc(N4CCC(CCCO)CC4)cc3F)nc2n1C1CC2CCC1C2. The van der Waals surface area contributed by atoms with Crippen LogP contribution in [-0.4, -0.2) is 39.3 Å². The maximum atomic E-state index is 15.1. The predicted molar refractivity (Wildman–Crippen MR) is 139 cm³/mol. The van der Waals surface area contributed by atoms with Crippen molar-refractivity contribution in [1.82, 2.24) is 14.5 Å². The molecule has 1 saturated heterocycles. The van der Waals surface area contributed by atoms with Gasteiger partial charge in [0.25, 0.3) is 5.56 Å². The summed E-state index contributed by atoms with van der Waals surface area (Å²) in [6.45, 7) is 2.05. The number of nitrogens with zero attached hydrogens (tertiary/aromatic N) is 4. The van der Waals surface area contributed by atoms with Crippen LogP contribution in [-0.2, 0) is 0 Å². The molecule has 3 aliphatic rings. The molecule has 2 aliphatic carbocycles. The Hall–Kier alpha value is -3.00. The van der Waals surface area contributed by atoms with Crippen molar-refractivity contribution in [3.63, 3.8) is 0 Å². The van der Waals surface area contributed by atoms with Crippen LogP contribution < -0.4 is 15.8 Å². The van der Waals surface area contributed by atoms with E-state index in [9.17, 15) is 4.79 Å². The van der Waals surface area contributed by atoms with Crippen LogP contribution in [0.15, 0.2) is 41.3 Å². The van der Waals surface area contributed by atoms with Gasteiger partial charge in [0.2, 0.25) is 5.95 Å². The first-order valence-corrected chi connectivity index (χ1v) is 13.4. The number of anilines is 3. The van der Waals surface area contributed by atoms with Crippen molar-refractivity contribution in [2.24, 2.45) is 17.8 Å². The molecule has 2 aromatic heterocycles. The van der Waals surface area contributed by atoms with Gasteiger partial charge >= 0.3 is 0 Å². The summed E-state index contributed by atoms with van der Waals surface area (Å²) >= 11 is 0. The lowest BCUT2D eigenvalue weighted by Crippen LogP contribution is -2.33. The molecule has 3 fully saturated rings. The second kappa shape index (κ2) is 9.81. The Morgan fingerprint density at radius 1 is 1.08 bits per heavy atom. The number of piperidine rings is 1. The number of benzene rings is 1.